The molecule has 0 fully saturated rings. The maximum absolute atomic E-state index is 3.62. The Hall–Kier alpha value is -0.640. The van der Waals surface area contributed by atoms with Crippen LogP contribution < -0.4 is 5.32 Å². The van der Waals surface area contributed by atoms with Crippen LogP contribution in [0.25, 0.3) is 0 Å². The molecule has 1 heterocycles. The lowest BCUT2D eigenvalue weighted by molar-refractivity contribution is 0.524. The van der Waals surface area contributed by atoms with Gasteiger partial charge in [-0.2, -0.15) is 0 Å². The molecule has 0 saturated heterocycles. The average molecular weight is 352 g/mol. The van der Waals surface area contributed by atoms with Gasteiger partial charge in [0.1, 0.15) is 0 Å². The summed E-state index contributed by atoms with van der Waals surface area (Å²) in [6.45, 7) is 5.42. The minimum absolute atomic E-state index is 0.512. The Bertz CT molecular complexity index is 535. The number of hydrogen-bond donors (Lipinski definition) is 1. The van der Waals surface area contributed by atoms with Gasteiger partial charge in [0.2, 0.25) is 0 Å². The van der Waals surface area contributed by atoms with Crippen LogP contribution in [0, 0.1) is 0 Å². The maximum Gasteiger partial charge on any atom is 0.0178 e. The molecule has 1 N–H and O–H groups in total. The summed E-state index contributed by atoms with van der Waals surface area (Å²) in [4.78, 5) is 2.97. The zero-order chi connectivity index (χ0) is 14.4. The van der Waals surface area contributed by atoms with E-state index >= 15 is 0 Å². The summed E-state index contributed by atoms with van der Waals surface area (Å²) in [5.41, 5.74) is 1.39. The van der Waals surface area contributed by atoms with Gasteiger partial charge in [-0.15, -0.1) is 11.3 Å². The Kier molecular flexibility index (Phi) is 6.27. The van der Waals surface area contributed by atoms with E-state index in [1.54, 1.807) is 0 Å². The standard InChI is InChI=1S/C17H22BrNS/c1-3-16-8-9-17(20-16)12-15(19-4-2)11-13-6-5-7-14(18)10-13/h5-10,15,19H,3-4,11-12H2,1-2H3. The van der Waals surface area contributed by atoms with Crippen molar-refractivity contribution in [2.75, 3.05) is 6.54 Å². The van der Waals surface area contributed by atoms with Crippen molar-refractivity contribution in [3.05, 3.63) is 56.2 Å². The fraction of sp³-hybridized carbons (Fsp3) is 0.412. The quantitative estimate of drug-likeness (QED) is 0.752. The Morgan fingerprint density at radius 2 is 1.90 bits per heavy atom. The number of halogens is 1. The van der Waals surface area contributed by atoms with E-state index in [1.165, 1.54) is 15.3 Å². The van der Waals surface area contributed by atoms with Crippen LogP contribution in [0.4, 0.5) is 0 Å². The van der Waals surface area contributed by atoms with Crippen LogP contribution in [0.15, 0.2) is 40.9 Å². The Morgan fingerprint density at radius 1 is 1.10 bits per heavy atom. The fourth-order valence-corrected chi connectivity index (χ4v) is 3.90. The predicted molar refractivity (Wildman–Crippen MR) is 92.7 cm³/mol. The van der Waals surface area contributed by atoms with E-state index in [0.29, 0.717) is 6.04 Å². The zero-order valence-electron chi connectivity index (χ0n) is 12.2. The Labute approximate surface area is 134 Å². The van der Waals surface area contributed by atoms with Crippen molar-refractivity contribution in [1.29, 1.82) is 0 Å². The molecule has 0 aliphatic carbocycles. The molecule has 2 aromatic rings. The molecule has 108 valence electrons. The summed E-state index contributed by atoms with van der Waals surface area (Å²) in [5, 5.41) is 3.62. The van der Waals surface area contributed by atoms with Gasteiger partial charge in [0.25, 0.3) is 0 Å². The van der Waals surface area contributed by atoms with Crippen LogP contribution in [0.2, 0.25) is 0 Å². The normalized spacial score (nSPS) is 12.6. The molecule has 1 nitrogen and oxygen atoms in total. The van der Waals surface area contributed by atoms with E-state index in [2.05, 4.69) is 71.5 Å². The highest BCUT2D eigenvalue weighted by Gasteiger charge is 2.11. The first-order chi connectivity index (χ1) is 9.71. The first-order valence-corrected chi connectivity index (χ1v) is 8.87. The molecule has 3 heteroatoms. The zero-order valence-corrected chi connectivity index (χ0v) is 14.6. The SMILES string of the molecule is CCNC(Cc1cccc(Br)c1)Cc1ccc(CC)s1. The van der Waals surface area contributed by atoms with E-state index < -0.39 is 0 Å². The molecule has 1 unspecified atom stereocenters. The van der Waals surface area contributed by atoms with Gasteiger partial charge in [-0.05, 0) is 55.6 Å². The summed E-state index contributed by atoms with van der Waals surface area (Å²) < 4.78 is 1.16. The van der Waals surface area contributed by atoms with E-state index in [1.807, 2.05) is 11.3 Å². The fourth-order valence-electron chi connectivity index (χ4n) is 2.42. The minimum atomic E-state index is 0.512. The molecule has 0 spiro atoms. The Morgan fingerprint density at radius 3 is 2.55 bits per heavy atom. The highest BCUT2D eigenvalue weighted by Crippen LogP contribution is 2.20. The number of hydrogen-bond acceptors (Lipinski definition) is 2. The second-order valence-corrected chi connectivity index (χ2v) is 7.18. The highest BCUT2D eigenvalue weighted by molar-refractivity contribution is 9.10. The van der Waals surface area contributed by atoms with Crippen LogP contribution in [-0.4, -0.2) is 12.6 Å². The van der Waals surface area contributed by atoms with Gasteiger partial charge in [-0.3, -0.25) is 0 Å². The molecule has 0 aliphatic heterocycles. The van der Waals surface area contributed by atoms with E-state index in [4.69, 9.17) is 0 Å². The lowest BCUT2D eigenvalue weighted by Gasteiger charge is -2.17. The van der Waals surface area contributed by atoms with Gasteiger partial charge in [0.05, 0.1) is 0 Å². The summed E-state index contributed by atoms with van der Waals surface area (Å²) >= 11 is 5.50. The summed E-state index contributed by atoms with van der Waals surface area (Å²) in [6, 6.07) is 13.7. The minimum Gasteiger partial charge on any atom is -0.314 e. The van der Waals surface area contributed by atoms with Crippen molar-refractivity contribution in [2.24, 2.45) is 0 Å². The molecule has 0 amide bonds. The molecule has 0 saturated carbocycles. The van der Waals surface area contributed by atoms with Crippen LogP contribution in [0.3, 0.4) is 0 Å². The Balaban J connectivity index is 2.02. The topological polar surface area (TPSA) is 12.0 Å². The molecule has 1 aromatic carbocycles. The van der Waals surface area contributed by atoms with E-state index in [0.717, 1.165) is 30.3 Å². The van der Waals surface area contributed by atoms with Crippen molar-refractivity contribution < 1.29 is 0 Å². The molecule has 0 bridgehead atoms. The molecule has 2 rings (SSSR count). The summed E-state index contributed by atoms with van der Waals surface area (Å²) in [7, 11) is 0. The van der Waals surface area contributed by atoms with Crippen LogP contribution in [0.5, 0.6) is 0 Å². The second kappa shape index (κ2) is 7.96. The molecule has 1 aromatic heterocycles. The first-order valence-electron chi connectivity index (χ1n) is 7.26. The third-order valence-electron chi connectivity index (χ3n) is 3.38. The summed E-state index contributed by atoms with van der Waals surface area (Å²) in [6.07, 6.45) is 3.33. The van der Waals surface area contributed by atoms with E-state index in [-0.39, 0.29) is 0 Å². The number of benzene rings is 1. The van der Waals surface area contributed by atoms with Crippen molar-refractivity contribution in [3.8, 4) is 0 Å². The number of thiophene rings is 1. The smallest absolute Gasteiger partial charge is 0.0178 e. The first kappa shape index (κ1) is 15.7. The molecule has 0 aliphatic rings. The van der Waals surface area contributed by atoms with E-state index in [9.17, 15) is 0 Å². The average Bonchev–Trinajstić information content (AvgIpc) is 2.87. The van der Waals surface area contributed by atoms with Crippen molar-refractivity contribution in [1.82, 2.24) is 5.32 Å². The van der Waals surface area contributed by atoms with Crippen LogP contribution >= 0.6 is 27.3 Å². The van der Waals surface area contributed by atoms with Crippen molar-refractivity contribution in [3.63, 3.8) is 0 Å². The van der Waals surface area contributed by atoms with Gasteiger partial charge in [-0.25, -0.2) is 0 Å². The van der Waals surface area contributed by atoms with Gasteiger partial charge >= 0.3 is 0 Å². The molecule has 20 heavy (non-hydrogen) atoms. The molecule has 1 atom stereocenters. The third-order valence-corrected chi connectivity index (χ3v) is 5.12. The lowest BCUT2D eigenvalue weighted by atomic mass is 10.0. The number of aryl methyl sites for hydroxylation is 1. The predicted octanol–water partition coefficient (Wildman–Crippen LogP) is 4.84. The van der Waals surface area contributed by atoms with Gasteiger partial charge in [0.15, 0.2) is 0 Å². The number of rotatable bonds is 7. The lowest BCUT2D eigenvalue weighted by Crippen LogP contribution is -2.32. The van der Waals surface area contributed by atoms with Crippen LogP contribution in [-0.2, 0) is 19.3 Å². The highest BCUT2D eigenvalue weighted by atomic mass is 79.9. The number of nitrogens with one attached hydrogen (secondary N) is 1. The van der Waals surface area contributed by atoms with Gasteiger partial charge in [-0.1, -0.05) is 41.9 Å². The molecular weight excluding hydrogens is 330 g/mol. The molecule has 0 radical (unpaired) electrons. The third kappa shape index (κ3) is 4.72. The molecular formula is C17H22BrNS. The van der Waals surface area contributed by atoms with Gasteiger partial charge < -0.3 is 5.32 Å². The number of likely N-dealkylation sites (N-methyl/N-ethyl adjacent to an activating group) is 1. The van der Waals surface area contributed by atoms with Crippen LogP contribution in [0.1, 0.15) is 29.2 Å². The van der Waals surface area contributed by atoms with Crippen molar-refractivity contribution >= 4 is 27.3 Å². The summed E-state index contributed by atoms with van der Waals surface area (Å²) in [5.74, 6) is 0. The monoisotopic (exact) mass is 351 g/mol. The largest absolute Gasteiger partial charge is 0.314 e. The van der Waals surface area contributed by atoms with Gasteiger partial charge in [0, 0.05) is 20.3 Å². The van der Waals surface area contributed by atoms with Crippen molar-refractivity contribution in [2.45, 2.75) is 39.2 Å². The maximum atomic E-state index is 3.62. The second-order valence-electron chi connectivity index (χ2n) is 5.01.